The molecule has 2 aliphatic rings. The largest absolute Gasteiger partial charge is 0.416 e. The van der Waals surface area contributed by atoms with E-state index >= 15 is 0 Å². The highest BCUT2D eigenvalue weighted by atomic mass is 19.4. The molecule has 2 heterocycles. The van der Waals surface area contributed by atoms with Crippen molar-refractivity contribution in [3.05, 3.63) is 77.1 Å². The van der Waals surface area contributed by atoms with Crippen LogP contribution in [-0.2, 0) is 17.5 Å². The lowest BCUT2D eigenvalue weighted by molar-refractivity contribution is -0.137. The van der Waals surface area contributed by atoms with Crippen LogP contribution < -0.4 is 15.5 Å². The van der Waals surface area contributed by atoms with Crippen molar-refractivity contribution in [2.45, 2.75) is 31.5 Å². The van der Waals surface area contributed by atoms with E-state index in [1.54, 1.807) is 6.07 Å². The molecule has 2 amide bonds. The molecule has 1 aromatic heterocycles. The smallest absolute Gasteiger partial charge is 0.360 e. The molecule has 5 rings (SSSR count). The average Bonchev–Trinajstić information content (AvgIpc) is 3.60. The molecule has 0 unspecified atom stereocenters. The zero-order chi connectivity index (χ0) is 24.6. The Labute approximate surface area is 199 Å². The van der Waals surface area contributed by atoms with E-state index in [2.05, 4.69) is 15.7 Å². The van der Waals surface area contributed by atoms with Gasteiger partial charge in [0.2, 0.25) is 5.91 Å². The van der Waals surface area contributed by atoms with Gasteiger partial charge in [-0.2, -0.15) is 18.3 Å². The second kappa shape index (κ2) is 9.09. The summed E-state index contributed by atoms with van der Waals surface area (Å²) in [6.45, 7) is 1.95. The van der Waals surface area contributed by atoms with Crippen molar-refractivity contribution in [2.24, 2.45) is 0 Å². The fourth-order valence-corrected chi connectivity index (χ4v) is 4.26. The molecule has 0 radical (unpaired) electrons. The molecule has 182 valence electrons. The van der Waals surface area contributed by atoms with Gasteiger partial charge in [-0.05, 0) is 48.7 Å². The average molecular weight is 483 g/mol. The van der Waals surface area contributed by atoms with Crippen LogP contribution in [0.25, 0.3) is 5.69 Å². The summed E-state index contributed by atoms with van der Waals surface area (Å²) in [5.74, 6) is -0.236. The van der Waals surface area contributed by atoms with E-state index in [1.807, 2.05) is 29.2 Å². The van der Waals surface area contributed by atoms with Crippen LogP contribution in [0, 0.1) is 0 Å². The summed E-state index contributed by atoms with van der Waals surface area (Å²) in [4.78, 5) is 26.6. The predicted octanol–water partition coefficient (Wildman–Crippen LogP) is 3.63. The van der Waals surface area contributed by atoms with Gasteiger partial charge in [-0.15, -0.1) is 0 Å². The SMILES string of the molecule is O=C1CN(c2ccc(CNC(=O)c3cnn(-c4cccc(C(F)(F)F)c4)c3C3CC3)cc2)CCN1. The van der Waals surface area contributed by atoms with Gasteiger partial charge >= 0.3 is 6.18 Å². The lowest BCUT2D eigenvalue weighted by atomic mass is 10.1. The molecule has 35 heavy (non-hydrogen) atoms. The number of amides is 2. The van der Waals surface area contributed by atoms with E-state index in [-0.39, 0.29) is 23.4 Å². The summed E-state index contributed by atoms with van der Waals surface area (Å²) in [5, 5.41) is 9.96. The van der Waals surface area contributed by atoms with E-state index in [9.17, 15) is 22.8 Å². The van der Waals surface area contributed by atoms with E-state index in [0.717, 1.165) is 42.8 Å². The first-order valence-corrected chi connectivity index (χ1v) is 11.4. The summed E-state index contributed by atoms with van der Waals surface area (Å²) in [6.07, 6.45) is -1.31. The number of benzene rings is 2. The van der Waals surface area contributed by atoms with Crippen molar-refractivity contribution in [1.82, 2.24) is 20.4 Å². The first-order valence-electron chi connectivity index (χ1n) is 11.4. The van der Waals surface area contributed by atoms with Gasteiger partial charge in [0.25, 0.3) is 5.91 Å². The van der Waals surface area contributed by atoms with Crippen LogP contribution in [0.3, 0.4) is 0 Å². The van der Waals surface area contributed by atoms with E-state index in [0.29, 0.717) is 30.9 Å². The Balaban J connectivity index is 1.30. The van der Waals surface area contributed by atoms with Gasteiger partial charge in [0.15, 0.2) is 0 Å². The molecule has 10 heteroatoms. The molecule has 1 saturated heterocycles. The molecule has 3 aromatic rings. The van der Waals surface area contributed by atoms with Crippen molar-refractivity contribution in [2.75, 3.05) is 24.5 Å². The molecule has 1 aliphatic heterocycles. The third-order valence-electron chi connectivity index (χ3n) is 6.23. The number of halogens is 3. The van der Waals surface area contributed by atoms with Crippen LogP contribution in [0.2, 0.25) is 0 Å². The van der Waals surface area contributed by atoms with E-state index in [4.69, 9.17) is 0 Å². The van der Waals surface area contributed by atoms with Crippen molar-refractivity contribution < 1.29 is 22.8 Å². The van der Waals surface area contributed by atoms with Crippen LogP contribution in [0.5, 0.6) is 0 Å². The summed E-state index contributed by atoms with van der Waals surface area (Å²) in [6, 6.07) is 12.6. The Morgan fingerprint density at radius 3 is 2.57 bits per heavy atom. The summed E-state index contributed by atoms with van der Waals surface area (Å²) in [5.41, 5.74) is 2.37. The zero-order valence-electron chi connectivity index (χ0n) is 18.8. The first-order chi connectivity index (χ1) is 16.8. The zero-order valence-corrected chi connectivity index (χ0v) is 18.8. The number of nitrogens with zero attached hydrogens (tertiary/aromatic N) is 3. The van der Waals surface area contributed by atoms with Gasteiger partial charge in [0.1, 0.15) is 0 Å². The van der Waals surface area contributed by atoms with Gasteiger partial charge in [0, 0.05) is 31.2 Å². The van der Waals surface area contributed by atoms with Gasteiger partial charge in [-0.3, -0.25) is 9.59 Å². The Morgan fingerprint density at radius 1 is 1.11 bits per heavy atom. The molecule has 0 spiro atoms. The molecule has 0 bridgehead atoms. The van der Waals surface area contributed by atoms with Crippen molar-refractivity contribution in [1.29, 1.82) is 0 Å². The van der Waals surface area contributed by atoms with Gasteiger partial charge in [0.05, 0.1) is 35.2 Å². The summed E-state index contributed by atoms with van der Waals surface area (Å²) < 4.78 is 41.0. The van der Waals surface area contributed by atoms with Crippen LogP contribution in [-0.4, -0.2) is 41.2 Å². The topological polar surface area (TPSA) is 79.3 Å². The molecule has 2 aromatic carbocycles. The number of rotatable bonds is 6. The van der Waals surface area contributed by atoms with Crippen molar-refractivity contribution in [3.8, 4) is 5.69 Å². The van der Waals surface area contributed by atoms with Crippen LogP contribution in [0.4, 0.5) is 18.9 Å². The van der Waals surface area contributed by atoms with Gasteiger partial charge in [-0.1, -0.05) is 18.2 Å². The minimum absolute atomic E-state index is 0.00950. The number of piperazine rings is 1. The molecule has 0 atom stereocenters. The standard InChI is InChI=1S/C25H24F3N5O2/c26-25(27,28)18-2-1-3-20(12-18)33-23(17-6-7-17)21(14-31-33)24(35)30-13-16-4-8-19(9-5-16)32-11-10-29-22(34)15-32/h1-5,8-9,12,14,17H,6-7,10-11,13,15H2,(H,29,34)(H,30,35). The van der Waals surface area contributed by atoms with E-state index < -0.39 is 11.7 Å². The minimum atomic E-state index is -4.46. The van der Waals surface area contributed by atoms with Crippen LogP contribution >= 0.6 is 0 Å². The molecular weight excluding hydrogens is 459 g/mol. The number of carbonyl (C=O) groups excluding carboxylic acids is 2. The molecule has 1 aliphatic carbocycles. The quantitative estimate of drug-likeness (QED) is 0.561. The highest BCUT2D eigenvalue weighted by Crippen LogP contribution is 2.43. The fraction of sp³-hybridized carbons (Fsp3) is 0.320. The molecule has 2 N–H and O–H groups in total. The second-order valence-electron chi connectivity index (χ2n) is 8.80. The lowest BCUT2D eigenvalue weighted by Gasteiger charge is -2.28. The Hall–Kier alpha value is -3.82. The maximum Gasteiger partial charge on any atom is 0.416 e. The second-order valence-corrected chi connectivity index (χ2v) is 8.80. The number of carbonyl (C=O) groups is 2. The third kappa shape index (κ3) is 5.01. The number of nitrogens with one attached hydrogen (secondary N) is 2. The molecule has 2 fully saturated rings. The predicted molar refractivity (Wildman–Crippen MR) is 123 cm³/mol. The van der Waals surface area contributed by atoms with Crippen LogP contribution in [0.1, 0.15) is 45.9 Å². The number of alkyl halides is 3. The maximum absolute atomic E-state index is 13.2. The maximum atomic E-state index is 13.2. The molecule has 7 nitrogen and oxygen atoms in total. The Bertz CT molecular complexity index is 1250. The third-order valence-corrected chi connectivity index (χ3v) is 6.23. The monoisotopic (exact) mass is 483 g/mol. The minimum Gasteiger partial charge on any atom is -0.360 e. The van der Waals surface area contributed by atoms with Gasteiger partial charge < -0.3 is 15.5 Å². The number of hydrogen-bond donors (Lipinski definition) is 2. The van der Waals surface area contributed by atoms with Gasteiger partial charge in [-0.25, -0.2) is 4.68 Å². The van der Waals surface area contributed by atoms with Crippen molar-refractivity contribution >= 4 is 17.5 Å². The number of hydrogen-bond acceptors (Lipinski definition) is 4. The molecule has 1 saturated carbocycles. The first kappa shape index (κ1) is 22.9. The fourth-order valence-electron chi connectivity index (χ4n) is 4.26. The van der Waals surface area contributed by atoms with Crippen molar-refractivity contribution in [3.63, 3.8) is 0 Å². The Morgan fingerprint density at radius 2 is 1.89 bits per heavy atom. The summed E-state index contributed by atoms with van der Waals surface area (Å²) in [7, 11) is 0. The highest BCUT2D eigenvalue weighted by molar-refractivity contribution is 5.95. The normalized spacial score (nSPS) is 16.2. The van der Waals surface area contributed by atoms with Crippen LogP contribution in [0.15, 0.2) is 54.7 Å². The lowest BCUT2D eigenvalue weighted by Crippen LogP contribution is -2.47. The Kier molecular flexibility index (Phi) is 5.96. The molecular formula is C25H24F3N5O2. The number of anilines is 1. The highest BCUT2D eigenvalue weighted by Gasteiger charge is 2.34. The summed E-state index contributed by atoms with van der Waals surface area (Å²) >= 11 is 0. The van der Waals surface area contributed by atoms with E-state index in [1.165, 1.54) is 16.9 Å². The number of aromatic nitrogens is 2.